The molecular weight excluding hydrogens is 256 g/mol. The summed E-state index contributed by atoms with van der Waals surface area (Å²) >= 11 is 0. The van der Waals surface area contributed by atoms with E-state index in [4.69, 9.17) is 4.18 Å². The van der Waals surface area contributed by atoms with Gasteiger partial charge in [-0.25, -0.2) is 0 Å². The Morgan fingerprint density at radius 3 is 1.94 bits per heavy atom. The summed E-state index contributed by atoms with van der Waals surface area (Å²) in [6.45, 7) is 4.42. The minimum Gasteiger partial charge on any atom is -0.270 e. The van der Waals surface area contributed by atoms with Crippen molar-refractivity contribution in [2.24, 2.45) is 0 Å². The summed E-state index contributed by atoms with van der Waals surface area (Å²) in [5.41, 5.74) is 0. The summed E-state index contributed by atoms with van der Waals surface area (Å²) in [6, 6.07) is 0. The molecule has 0 radical (unpaired) electrons. The van der Waals surface area contributed by atoms with E-state index in [1.807, 2.05) is 0 Å². The first-order valence-electron chi connectivity index (χ1n) is 5.00. The van der Waals surface area contributed by atoms with Crippen molar-refractivity contribution < 1.29 is 25.2 Å². The van der Waals surface area contributed by atoms with Crippen molar-refractivity contribution >= 4 is 20.2 Å². The van der Waals surface area contributed by atoms with E-state index in [2.05, 4.69) is 4.18 Å². The van der Waals surface area contributed by atoms with Gasteiger partial charge in [0, 0.05) is 0 Å². The molecule has 0 saturated carbocycles. The summed E-state index contributed by atoms with van der Waals surface area (Å²) in [4.78, 5) is 0. The SMILES string of the molecule is CCS(=O)(=O)OCCC(C)OS(=O)(=O)CC. The average molecular weight is 274 g/mol. The van der Waals surface area contributed by atoms with Gasteiger partial charge in [-0.1, -0.05) is 0 Å². The van der Waals surface area contributed by atoms with Crippen LogP contribution in [0.15, 0.2) is 0 Å². The lowest BCUT2D eigenvalue weighted by molar-refractivity contribution is 0.186. The van der Waals surface area contributed by atoms with Gasteiger partial charge in [-0.3, -0.25) is 8.37 Å². The maximum Gasteiger partial charge on any atom is 0.267 e. The van der Waals surface area contributed by atoms with Gasteiger partial charge in [0.25, 0.3) is 20.2 Å². The number of hydrogen-bond acceptors (Lipinski definition) is 6. The maximum atomic E-state index is 11.0. The molecule has 0 fully saturated rings. The van der Waals surface area contributed by atoms with Crippen molar-refractivity contribution in [3.63, 3.8) is 0 Å². The van der Waals surface area contributed by atoms with Gasteiger partial charge in [0.2, 0.25) is 0 Å². The zero-order valence-electron chi connectivity index (χ0n) is 9.67. The molecule has 0 heterocycles. The summed E-state index contributed by atoms with van der Waals surface area (Å²) in [5, 5.41) is 0. The molecule has 0 aliphatic heterocycles. The third-order valence-corrected chi connectivity index (χ3v) is 4.37. The number of hydrogen-bond donors (Lipinski definition) is 0. The van der Waals surface area contributed by atoms with Crippen LogP contribution in [0.25, 0.3) is 0 Å². The lowest BCUT2D eigenvalue weighted by atomic mass is 10.3. The minimum atomic E-state index is -3.50. The van der Waals surface area contributed by atoms with Crippen LogP contribution < -0.4 is 0 Å². The normalized spacial score (nSPS) is 14.9. The van der Waals surface area contributed by atoms with Crippen LogP contribution in [-0.2, 0) is 28.6 Å². The van der Waals surface area contributed by atoms with Gasteiger partial charge in [-0.05, 0) is 27.2 Å². The standard InChI is InChI=1S/C8H18O6S2/c1-4-15(9,10)13-7-6-8(3)14-16(11,12)5-2/h8H,4-7H2,1-3H3. The molecule has 0 N–H and O–H groups in total. The second-order valence-electron chi connectivity index (χ2n) is 3.21. The Balaban J connectivity index is 3.97. The van der Waals surface area contributed by atoms with Gasteiger partial charge in [-0.15, -0.1) is 0 Å². The third-order valence-electron chi connectivity index (χ3n) is 1.81. The van der Waals surface area contributed by atoms with E-state index in [0.717, 1.165) is 0 Å². The van der Waals surface area contributed by atoms with Crippen LogP contribution >= 0.6 is 0 Å². The highest BCUT2D eigenvalue weighted by atomic mass is 32.2. The van der Waals surface area contributed by atoms with Crippen molar-refractivity contribution in [1.29, 1.82) is 0 Å². The van der Waals surface area contributed by atoms with Crippen molar-refractivity contribution in [3.8, 4) is 0 Å². The molecule has 0 aliphatic rings. The maximum absolute atomic E-state index is 11.0. The largest absolute Gasteiger partial charge is 0.270 e. The van der Waals surface area contributed by atoms with Crippen LogP contribution in [0.3, 0.4) is 0 Å². The van der Waals surface area contributed by atoms with Crippen LogP contribution in [0.1, 0.15) is 27.2 Å². The van der Waals surface area contributed by atoms with Crippen molar-refractivity contribution in [3.05, 3.63) is 0 Å². The Hall–Kier alpha value is -0.180. The molecule has 0 spiro atoms. The molecule has 8 heteroatoms. The zero-order valence-corrected chi connectivity index (χ0v) is 11.3. The van der Waals surface area contributed by atoms with E-state index < -0.39 is 26.3 Å². The topological polar surface area (TPSA) is 86.7 Å². The average Bonchev–Trinajstić information content (AvgIpc) is 2.17. The molecule has 1 atom stereocenters. The quantitative estimate of drug-likeness (QED) is 0.599. The van der Waals surface area contributed by atoms with Gasteiger partial charge >= 0.3 is 0 Å². The molecule has 0 aromatic heterocycles. The highest BCUT2D eigenvalue weighted by molar-refractivity contribution is 7.86. The summed E-state index contributed by atoms with van der Waals surface area (Å²) in [5.74, 6) is -0.207. The van der Waals surface area contributed by atoms with Crippen LogP contribution in [0, 0.1) is 0 Å². The summed E-state index contributed by atoms with van der Waals surface area (Å²) in [6.07, 6.45) is -0.379. The molecule has 0 amide bonds. The number of rotatable bonds is 8. The van der Waals surface area contributed by atoms with E-state index in [9.17, 15) is 16.8 Å². The van der Waals surface area contributed by atoms with Crippen LogP contribution in [0.4, 0.5) is 0 Å². The minimum absolute atomic E-state index is 0.0728. The molecule has 6 nitrogen and oxygen atoms in total. The van der Waals surface area contributed by atoms with E-state index >= 15 is 0 Å². The third kappa shape index (κ3) is 7.15. The smallest absolute Gasteiger partial charge is 0.267 e. The van der Waals surface area contributed by atoms with Crippen LogP contribution in [-0.4, -0.2) is 41.1 Å². The van der Waals surface area contributed by atoms with Crippen LogP contribution in [0.5, 0.6) is 0 Å². The molecule has 0 aromatic carbocycles. The van der Waals surface area contributed by atoms with E-state index in [1.54, 1.807) is 6.92 Å². The van der Waals surface area contributed by atoms with Gasteiger partial charge in [0.05, 0.1) is 24.2 Å². The zero-order chi connectivity index (χ0) is 12.8. The predicted octanol–water partition coefficient (Wildman–Crippen LogP) is 0.498. The molecule has 0 saturated heterocycles. The Kier molecular flexibility index (Phi) is 6.46. The van der Waals surface area contributed by atoms with E-state index in [1.165, 1.54) is 13.8 Å². The van der Waals surface area contributed by atoms with Gasteiger partial charge in [0.15, 0.2) is 0 Å². The monoisotopic (exact) mass is 274 g/mol. The molecule has 1 unspecified atom stereocenters. The Morgan fingerprint density at radius 2 is 1.50 bits per heavy atom. The van der Waals surface area contributed by atoms with Gasteiger partial charge < -0.3 is 0 Å². The molecule has 16 heavy (non-hydrogen) atoms. The lowest BCUT2D eigenvalue weighted by Crippen LogP contribution is -2.19. The fourth-order valence-electron chi connectivity index (χ4n) is 0.791. The first-order valence-corrected chi connectivity index (χ1v) is 8.16. The second-order valence-corrected chi connectivity index (χ2v) is 7.02. The Morgan fingerprint density at radius 1 is 1.00 bits per heavy atom. The Bertz CT molecular complexity index is 383. The van der Waals surface area contributed by atoms with E-state index in [-0.39, 0.29) is 24.5 Å². The second kappa shape index (κ2) is 6.53. The first-order chi connectivity index (χ1) is 7.22. The summed E-state index contributed by atoms with van der Waals surface area (Å²) in [7, 11) is -6.96. The highest BCUT2D eigenvalue weighted by Crippen LogP contribution is 2.05. The fraction of sp³-hybridized carbons (Fsp3) is 1.00. The molecule has 0 bridgehead atoms. The molecule has 0 aliphatic carbocycles. The lowest BCUT2D eigenvalue weighted by Gasteiger charge is -2.11. The molecule has 0 aromatic rings. The fourth-order valence-corrected chi connectivity index (χ4v) is 2.04. The molecular formula is C8H18O6S2. The van der Waals surface area contributed by atoms with Gasteiger partial charge in [-0.2, -0.15) is 16.8 Å². The van der Waals surface area contributed by atoms with Gasteiger partial charge in [0.1, 0.15) is 0 Å². The van der Waals surface area contributed by atoms with Crippen molar-refractivity contribution in [1.82, 2.24) is 0 Å². The summed E-state index contributed by atoms with van der Waals surface area (Å²) < 4.78 is 53.3. The van der Waals surface area contributed by atoms with Crippen LogP contribution in [0.2, 0.25) is 0 Å². The first kappa shape index (κ1) is 15.8. The predicted molar refractivity (Wildman–Crippen MR) is 60.0 cm³/mol. The Labute approximate surface area is 97.2 Å². The van der Waals surface area contributed by atoms with Crippen molar-refractivity contribution in [2.45, 2.75) is 33.3 Å². The molecule has 98 valence electrons. The highest BCUT2D eigenvalue weighted by Gasteiger charge is 2.15. The molecule has 0 rings (SSSR count). The van der Waals surface area contributed by atoms with E-state index in [0.29, 0.717) is 0 Å². The van der Waals surface area contributed by atoms with Crippen molar-refractivity contribution in [2.75, 3.05) is 18.1 Å².